The van der Waals surface area contributed by atoms with E-state index < -0.39 is 5.60 Å². The highest BCUT2D eigenvalue weighted by molar-refractivity contribution is 5.62. The summed E-state index contributed by atoms with van der Waals surface area (Å²) in [6.45, 7) is 2.71. The van der Waals surface area contributed by atoms with Crippen molar-refractivity contribution in [2.24, 2.45) is 0 Å². The van der Waals surface area contributed by atoms with E-state index in [2.05, 4.69) is 0 Å². The molecule has 0 N–H and O–H groups in total. The summed E-state index contributed by atoms with van der Waals surface area (Å²) in [5, 5.41) is 0. The van der Waals surface area contributed by atoms with Gasteiger partial charge in [0.1, 0.15) is 5.60 Å². The zero-order valence-corrected chi connectivity index (χ0v) is 7.99. The first kappa shape index (κ1) is 9.16. The van der Waals surface area contributed by atoms with Gasteiger partial charge in [0.25, 0.3) is 0 Å². The average Bonchev–Trinajstić information content (AvgIpc) is 2.73. The highest BCUT2D eigenvalue weighted by atomic mass is 16.6. The van der Waals surface area contributed by atoms with Crippen LogP contribution in [-0.4, -0.2) is 30.7 Å². The molecule has 0 aliphatic carbocycles. The van der Waals surface area contributed by atoms with Crippen LogP contribution in [0, 0.1) is 0 Å². The normalized spacial score (nSPS) is 45.3. The summed E-state index contributed by atoms with van der Waals surface area (Å²) in [5.74, 6) is 0. The maximum atomic E-state index is 10.7. The summed E-state index contributed by atoms with van der Waals surface area (Å²) in [4.78, 5) is 10.7. The monoisotopic (exact) mass is 184 g/mol. The summed E-state index contributed by atoms with van der Waals surface area (Å²) in [7, 11) is 0. The second-order valence-corrected chi connectivity index (χ2v) is 4.18. The van der Waals surface area contributed by atoms with Crippen molar-refractivity contribution in [3.05, 3.63) is 0 Å². The molecule has 0 aromatic carbocycles. The van der Waals surface area contributed by atoms with Gasteiger partial charge in [0, 0.05) is 6.61 Å². The summed E-state index contributed by atoms with van der Waals surface area (Å²) in [5.41, 5.74) is -0.545. The molecule has 2 aliphatic heterocycles. The minimum Gasteiger partial charge on any atom is -0.376 e. The largest absolute Gasteiger partial charge is 0.376 e. The SMILES string of the molecule is CC1(C=O)CCC(C2CCCO2)O1. The Labute approximate surface area is 78.4 Å². The highest BCUT2D eigenvalue weighted by Crippen LogP contribution is 2.33. The molecule has 0 aromatic rings. The van der Waals surface area contributed by atoms with Crippen LogP contribution in [0.5, 0.6) is 0 Å². The molecule has 13 heavy (non-hydrogen) atoms. The molecule has 2 fully saturated rings. The number of carbonyl (C=O) groups excluding carboxylic acids is 1. The predicted molar refractivity (Wildman–Crippen MR) is 47.6 cm³/mol. The van der Waals surface area contributed by atoms with Gasteiger partial charge in [-0.3, -0.25) is 0 Å². The van der Waals surface area contributed by atoms with Crippen LogP contribution >= 0.6 is 0 Å². The van der Waals surface area contributed by atoms with E-state index in [-0.39, 0.29) is 12.2 Å². The van der Waals surface area contributed by atoms with Crippen molar-refractivity contribution in [3.8, 4) is 0 Å². The van der Waals surface area contributed by atoms with Gasteiger partial charge in [0.15, 0.2) is 6.29 Å². The molecule has 3 unspecified atom stereocenters. The van der Waals surface area contributed by atoms with Gasteiger partial charge >= 0.3 is 0 Å². The van der Waals surface area contributed by atoms with E-state index in [0.717, 1.165) is 38.6 Å². The molecule has 0 bridgehead atoms. The van der Waals surface area contributed by atoms with Crippen molar-refractivity contribution in [1.82, 2.24) is 0 Å². The van der Waals surface area contributed by atoms with Crippen molar-refractivity contribution in [1.29, 1.82) is 0 Å². The van der Waals surface area contributed by atoms with Gasteiger partial charge in [-0.05, 0) is 32.6 Å². The van der Waals surface area contributed by atoms with Crippen molar-refractivity contribution < 1.29 is 14.3 Å². The molecule has 0 aromatic heterocycles. The van der Waals surface area contributed by atoms with Crippen molar-refractivity contribution >= 4 is 6.29 Å². The molecule has 0 spiro atoms. The molecule has 74 valence electrons. The van der Waals surface area contributed by atoms with Gasteiger partial charge in [-0.1, -0.05) is 0 Å². The van der Waals surface area contributed by atoms with E-state index in [4.69, 9.17) is 9.47 Å². The van der Waals surface area contributed by atoms with Gasteiger partial charge in [-0.2, -0.15) is 0 Å². The van der Waals surface area contributed by atoms with Crippen LogP contribution in [0.25, 0.3) is 0 Å². The Hall–Kier alpha value is -0.410. The van der Waals surface area contributed by atoms with Crippen LogP contribution in [0.2, 0.25) is 0 Å². The molecule has 2 heterocycles. The molecule has 3 nitrogen and oxygen atoms in total. The molecular formula is C10H16O3. The first-order chi connectivity index (χ1) is 6.23. The Bertz CT molecular complexity index is 198. The molecule has 0 radical (unpaired) electrons. The summed E-state index contributed by atoms with van der Waals surface area (Å²) >= 11 is 0. The van der Waals surface area contributed by atoms with Crippen LogP contribution in [0.4, 0.5) is 0 Å². The van der Waals surface area contributed by atoms with Crippen LogP contribution in [-0.2, 0) is 14.3 Å². The fourth-order valence-corrected chi connectivity index (χ4v) is 2.14. The Morgan fingerprint density at radius 2 is 2.23 bits per heavy atom. The van der Waals surface area contributed by atoms with Crippen molar-refractivity contribution in [2.75, 3.05) is 6.61 Å². The molecule has 3 atom stereocenters. The predicted octanol–water partition coefficient (Wildman–Crippen LogP) is 1.30. The Kier molecular flexibility index (Phi) is 2.39. The van der Waals surface area contributed by atoms with E-state index in [0.29, 0.717) is 0 Å². The second-order valence-electron chi connectivity index (χ2n) is 4.18. The van der Waals surface area contributed by atoms with Gasteiger partial charge < -0.3 is 14.3 Å². The Morgan fingerprint density at radius 1 is 1.38 bits per heavy atom. The molecular weight excluding hydrogens is 168 g/mol. The number of aldehydes is 1. The van der Waals surface area contributed by atoms with E-state index in [1.807, 2.05) is 6.92 Å². The molecule has 0 amide bonds. The lowest BCUT2D eigenvalue weighted by molar-refractivity contribution is -0.133. The molecule has 2 aliphatic rings. The smallest absolute Gasteiger partial charge is 0.151 e. The van der Waals surface area contributed by atoms with Gasteiger partial charge in [0.2, 0.25) is 0 Å². The first-order valence-corrected chi connectivity index (χ1v) is 4.99. The van der Waals surface area contributed by atoms with Gasteiger partial charge in [0.05, 0.1) is 12.2 Å². The van der Waals surface area contributed by atoms with Gasteiger partial charge in [-0.25, -0.2) is 0 Å². The zero-order chi connectivity index (χ0) is 9.31. The van der Waals surface area contributed by atoms with E-state index in [1.54, 1.807) is 0 Å². The Morgan fingerprint density at radius 3 is 2.77 bits per heavy atom. The average molecular weight is 184 g/mol. The van der Waals surface area contributed by atoms with E-state index >= 15 is 0 Å². The molecule has 3 heteroatoms. The fourth-order valence-electron chi connectivity index (χ4n) is 2.14. The van der Waals surface area contributed by atoms with Crippen molar-refractivity contribution in [3.63, 3.8) is 0 Å². The van der Waals surface area contributed by atoms with E-state index in [9.17, 15) is 4.79 Å². The first-order valence-electron chi connectivity index (χ1n) is 4.99. The number of carbonyl (C=O) groups is 1. The lowest BCUT2D eigenvalue weighted by Crippen LogP contribution is -2.31. The summed E-state index contributed by atoms with van der Waals surface area (Å²) in [6.07, 6.45) is 5.31. The molecule has 2 saturated heterocycles. The lowest BCUT2D eigenvalue weighted by atomic mass is 10.0. The molecule has 0 saturated carbocycles. The molecule has 2 rings (SSSR count). The summed E-state index contributed by atoms with van der Waals surface area (Å²) < 4.78 is 11.2. The quantitative estimate of drug-likeness (QED) is 0.607. The Balaban J connectivity index is 1.93. The summed E-state index contributed by atoms with van der Waals surface area (Å²) in [6, 6.07) is 0. The number of hydrogen-bond acceptors (Lipinski definition) is 3. The zero-order valence-electron chi connectivity index (χ0n) is 7.99. The van der Waals surface area contributed by atoms with E-state index in [1.165, 1.54) is 0 Å². The third kappa shape index (κ3) is 1.76. The fraction of sp³-hybridized carbons (Fsp3) is 0.900. The van der Waals surface area contributed by atoms with Crippen LogP contribution in [0.15, 0.2) is 0 Å². The topological polar surface area (TPSA) is 35.5 Å². The second kappa shape index (κ2) is 3.39. The van der Waals surface area contributed by atoms with Gasteiger partial charge in [-0.15, -0.1) is 0 Å². The maximum absolute atomic E-state index is 10.7. The van der Waals surface area contributed by atoms with Crippen molar-refractivity contribution in [2.45, 2.75) is 50.4 Å². The standard InChI is InChI=1S/C10H16O3/c1-10(7-11)5-4-9(13-10)8-3-2-6-12-8/h7-9H,2-6H2,1H3. The lowest BCUT2D eigenvalue weighted by Gasteiger charge is -2.21. The van der Waals surface area contributed by atoms with Crippen LogP contribution < -0.4 is 0 Å². The number of ether oxygens (including phenoxy) is 2. The minimum atomic E-state index is -0.545. The minimum absolute atomic E-state index is 0.151. The highest BCUT2D eigenvalue weighted by Gasteiger charge is 2.40. The number of rotatable bonds is 2. The number of hydrogen-bond donors (Lipinski definition) is 0. The van der Waals surface area contributed by atoms with Crippen LogP contribution in [0.1, 0.15) is 32.6 Å². The third-order valence-corrected chi connectivity index (χ3v) is 2.97. The van der Waals surface area contributed by atoms with Crippen LogP contribution in [0.3, 0.4) is 0 Å². The maximum Gasteiger partial charge on any atom is 0.151 e. The third-order valence-electron chi connectivity index (χ3n) is 2.97.